The van der Waals surface area contributed by atoms with E-state index in [0.29, 0.717) is 35.7 Å². The van der Waals surface area contributed by atoms with E-state index in [1.54, 1.807) is 24.3 Å². The Kier molecular flexibility index (Phi) is 5.83. The van der Waals surface area contributed by atoms with Gasteiger partial charge in [0.15, 0.2) is 6.61 Å². The number of rotatable bonds is 7. The van der Waals surface area contributed by atoms with Crippen molar-refractivity contribution in [3.8, 4) is 6.07 Å². The Hall–Kier alpha value is -2.06. The summed E-state index contributed by atoms with van der Waals surface area (Å²) in [5.41, 5.74) is 0.667. The average molecular weight is 415 g/mol. The Morgan fingerprint density at radius 2 is 1.69 bits per heavy atom. The molecule has 1 amide bonds. The first-order valence-electron chi connectivity index (χ1n) is 10.5. The Morgan fingerprint density at radius 3 is 2.24 bits per heavy atom. The molecule has 4 aliphatic carbocycles. The van der Waals surface area contributed by atoms with Crippen LogP contribution in [-0.4, -0.2) is 35.5 Å². The molecule has 29 heavy (non-hydrogen) atoms. The lowest BCUT2D eigenvalue weighted by atomic mass is 9.52. The molecule has 0 aliphatic heterocycles. The molecule has 4 aliphatic rings. The molecule has 0 heterocycles. The lowest BCUT2D eigenvalue weighted by Gasteiger charge is -2.60. The van der Waals surface area contributed by atoms with Gasteiger partial charge in [-0.15, -0.1) is 0 Å². The van der Waals surface area contributed by atoms with Crippen molar-refractivity contribution in [3.05, 3.63) is 34.9 Å². The molecule has 0 aromatic heterocycles. The second kappa shape index (κ2) is 8.36. The number of nitriles is 1. The molecular formula is C23H27ClN2O3. The third kappa shape index (κ3) is 4.43. The summed E-state index contributed by atoms with van der Waals surface area (Å²) in [6.45, 7) is 0.176. The minimum Gasteiger partial charge on any atom is -0.455 e. The molecule has 1 aromatic rings. The van der Waals surface area contributed by atoms with Gasteiger partial charge in [-0.1, -0.05) is 23.7 Å². The van der Waals surface area contributed by atoms with Crippen LogP contribution in [0.1, 0.15) is 50.5 Å². The molecule has 1 aromatic carbocycles. The largest absolute Gasteiger partial charge is 0.455 e. The van der Waals surface area contributed by atoms with Gasteiger partial charge < -0.3 is 9.64 Å². The molecule has 6 heteroatoms. The third-order valence-corrected chi connectivity index (χ3v) is 7.20. The average Bonchev–Trinajstić information content (AvgIpc) is 2.67. The van der Waals surface area contributed by atoms with E-state index in [1.807, 2.05) is 4.90 Å². The van der Waals surface area contributed by atoms with Crippen molar-refractivity contribution < 1.29 is 14.3 Å². The lowest BCUT2D eigenvalue weighted by Crippen LogP contribution is -2.62. The normalized spacial score (nSPS) is 29.3. The van der Waals surface area contributed by atoms with Crippen LogP contribution in [0.5, 0.6) is 0 Å². The van der Waals surface area contributed by atoms with Crippen LogP contribution in [0.25, 0.3) is 0 Å². The highest BCUT2D eigenvalue weighted by Gasteiger charge is 2.54. The standard InChI is InChI=1S/C23H27ClN2O3/c24-20-4-2-16(3-5-20)11-22(28)29-15-21(27)26(7-1-6-25)23-12-17-8-18(13-23)10-19(9-17)14-23/h2-5,17-19H,1,7-15H2. The highest BCUT2D eigenvalue weighted by molar-refractivity contribution is 6.30. The van der Waals surface area contributed by atoms with Gasteiger partial charge in [-0.05, 0) is 74.0 Å². The summed E-state index contributed by atoms with van der Waals surface area (Å²) in [4.78, 5) is 27.2. The van der Waals surface area contributed by atoms with Gasteiger partial charge in [-0.3, -0.25) is 9.59 Å². The summed E-state index contributed by atoms with van der Waals surface area (Å²) in [7, 11) is 0. The minimum atomic E-state index is -0.425. The molecule has 0 unspecified atom stereocenters. The van der Waals surface area contributed by atoms with Crippen LogP contribution in [0.15, 0.2) is 24.3 Å². The number of hydrogen-bond donors (Lipinski definition) is 0. The molecule has 0 atom stereocenters. The lowest BCUT2D eigenvalue weighted by molar-refractivity contribution is -0.162. The van der Waals surface area contributed by atoms with Gasteiger partial charge in [0.2, 0.25) is 0 Å². The fourth-order valence-corrected chi connectivity index (χ4v) is 6.35. The van der Waals surface area contributed by atoms with Crippen LogP contribution in [0.3, 0.4) is 0 Å². The molecular weight excluding hydrogens is 388 g/mol. The first-order valence-corrected chi connectivity index (χ1v) is 10.9. The maximum absolute atomic E-state index is 13.1. The van der Waals surface area contributed by atoms with E-state index in [4.69, 9.17) is 21.6 Å². The van der Waals surface area contributed by atoms with Gasteiger partial charge in [0.25, 0.3) is 5.91 Å². The Labute approximate surface area is 177 Å². The molecule has 4 saturated carbocycles. The highest BCUT2D eigenvalue weighted by atomic mass is 35.5. The van der Waals surface area contributed by atoms with Gasteiger partial charge >= 0.3 is 5.97 Å². The first-order chi connectivity index (χ1) is 14.0. The Morgan fingerprint density at radius 1 is 1.10 bits per heavy atom. The molecule has 4 bridgehead atoms. The van der Waals surface area contributed by atoms with Crippen molar-refractivity contribution in [1.29, 1.82) is 5.26 Å². The Bertz CT molecular complexity index is 779. The maximum atomic E-state index is 13.1. The van der Waals surface area contributed by atoms with E-state index < -0.39 is 5.97 Å². The smallest absolute Gasteiger partial charge is 0.310 e. The quantitative estimate of drug-likeness (QED) is 0.629. The van der Waals surface area contributed by atoms with Crippen molar-refractivity contribution in [2.45, 2.75) is 56.9 Å². The molecule has 5 rings (SSSR count). The topological polar surface area (TPSA) is 70.4 Å². The van der Waals surface area contributed by atoms with E-state index in [2.05, 4.69) is 6.07 Å². The van der Waals surface area contributed by atoms with Crippen molar-refractivity contribution in [2.24, 2.45) is 17.8 Å². The second-order valence-electron chi connectivity index (χ2n) is 9.06. The summed E-state index contributed by atoms with van der Waals surface area (Å²) in [5, 5.41) is 9.71. The van der Waals surface area contributed by atoms with Crippen molar-refractivity contribution >= 4 is 23.5 Å². The van der Waals surface area contributed by atoms with E-state index in [1.165, 1.54) is 19.3 Å². The number of halogens is 1. The van der Waals surface area contributed by atoms with Crippen molar-refractivity contribution in [2.75, 3.05) is 13.2 Å². The molecule has 4 fully saturated rings. The van der Waals surface area contributed by atoms with E-state index in [9.17, 15) is 9.59 Å². The van der Waals surface area contributed by atoms with E-state index in [0.717, 1.165) is 24.8 Å². The number of esters is 1. The molecule has 0 radical (unpaired) electrons. The zero-order valence-corrected chi connectivity index (χ0v) is 17.4. The van der Waals surface area contributed by atoms with Crippen LogP contribution >= 0.6 is 11.6 Å². The van der Waals surface area contributed by atoms with Crippen molar-refractivity contribution in [3.63, 3.8) is 0 Å². The van der Waals surface area contributed by atoms with E-state index >= 15 is 0 Å². The maximum Gasteiger partial charge on any atom is 0.310 e. The van der Waals surface area contributed by atoms with Crippen LogP contribution in [-0.2, 0) is 20.7 Å². The second-order valence-corrected chi connectivity index (χ2v) is 9.50. The number of ether oxygens (including phenoxy) is 1. The summed E-state index contributed by atoms with van der Waals surface area (Å²) < 4.78 is 5.32. The van der Waals surface area contributed by atoms with Gasteiger partial charge in [-0.25, -0.2) is 0 Å². The fraction of sp³-hybridized carbons (Fsp3) is 0.609. The summed E-state index contributed by atoms with van der Waals surface area (Å²) in [6, 6.07) is 9.19. The van der Waals surface area contributed by atoms with Crippen molar-refractivity contribution in [1.82, 2.24) is 4.90 Å². The summed E-state index contributed by atoms with van der Waals surface area (Å²) in [6.07, 6.45) is 7.39. The van der Waals surface area contributed by atoms with Crippen LogP contribution < -0.4 is 0 Å². The Balaban J connectivity index is 1.39. The van der Waals surface area contributed by atoms with Crippen LogP contribution in [0, 0.1) is 29.1 Å². The molecule has 154 valence electrons. The zero-order chi connectivity index (χ0) is 20.4. The van der Waals surface area contributed by atoms with E-state index in [-0.39, 0.29) is 24.5 Å². The summed E-state index contributed by atoms with van der Waals surface area (Å²) in [5.74, 6) is 1.52. The van der Waals surface area contributed by atoms with Gasteiger partial charge in [0.05, 0.1) is 18.9 Å². The first kappa shape index (κ1) is 20.2. The number of amides is 1. The fourth-order valence-electron chi connectivity index (χ4n) is 6.22. The number of nitrogens with zero attached hydrogens (tertiary/aromatic N) is 2. The van der Waals surface area contributed by atoms with Gasteiger partial charge in [0, 0.05) is 17.1 Å². The monoisotopic (exact) mass is 414 g/mol. The van der Waals surface area contributed by atoms with Crippen LogP contribution in [0.2, 0.25) is 5.02 Å². The number of carbonyl (C=O) groups is 2. The SMILES string of the molecule is N#CCCN(C(=O)COC(=O)Cc1ccc(Cl)cc1)C12CC3CC(CC(C3)C1)C2. The molecule has 0 spiro atoms. The van der Waals surface area contributed by atoms with Gasteiger partial charge in [-0.2, -0.15) is 5.26 Å². The minimum absolute atomic E-state index is 0.111. The molecule has 0 N–H and O–H groups in total. The number of carbonyl (C=O) groups excluding carboxylic acids is 2. The number of hydrogen-bond acceptors (Lipinski definition) is 4. The molecule has 5 nitrogen and oxygen atoms in total. The summed E-state index contributed by atoms with van der Waals surface area (Å²) >= 11 is 5.87. The number of benzene rings is 1. The van der Waals surface area contributed by atoms with Crippen LogP contribution in [0.4, 0.5) is 0 Å². The predicted octanol–water partition coefficient (Wildman–Crippen LogP) is 4.14. The highest BCUT2D eigenvalue weighted by Crippen LogP contribution is 2.57. The zero-order valence-electron chi connectivity index (χ0n) is 16.6. The predicted molar refractivity (Wildman–Crippen MR) is 109 cm³/mol. The third-order valence-electron chi connectivity index (χ3n) is 6.95. The van der Waals surface area contributed by atoms with Gasteiger partial charge in [0.1, 0.15) is 0 Å². The molecule has 0 saturated heterocycles.